The second-order valence-electron chi connectivity index (χ2n) is 12.5. The fourth-order valence-electron chi connectivity index (χ4n) is 7.25. The molecule has 0 unspecified atom stereocenters. The Hall–Kier alpha value is -6.58. The van der Waals surface area contributed by atoms with Crippen LogP contribution in [0.5, 0.6) is 0 Å². The summed E-state index contributed by atoms with van der Waals surface area (Å²) >= 11 is 0. The van der Waals surface area contributed by atoms with E-state index in [1.807, 2.05) is 24.3 Å². The van der Waals surface area contributed by atoms with Gasteiger partial charge in [0.25, 0.3) is 0 Å². The molecular weight excluding hydrogens is 599 g/mol. The molecule has 0 N–H and O–H groups in total. The summed E-state index contributed by atoms with van der Waals surface area (Å²) < 4.78 is 12.4. The third-order valence-electron chi connectivity index (χ3n) is 9.67. The fourth-order valence-corrected chi connectivity index (χ4v) is 7.25. The standard InChI is InChI=1S/C46H29NO2/c1-2-9-33-28-34(17-16-30(33)8-1)31-18-23-36(24-19-31)47(41-12-7-15-45-46(41)39-11-4-6-14-43(39)49-45)37-25-20-32(21-26-37)35-22-27-44-40(29-35)38-10-3-5-13-42(38)48-44/h1-29H. The molecule has 0 amide bonds. The smallest absolute Gasteiger partial charge is 0.137 e. The number of nitrogens with zero attached hydrogens (tertiary/aromatic N) is 1. The second-order valence-corrected chi connectivity index (χ2v) is 12.5. The van der Waals surface area contributed by atoms with Gasteiger partial charge in [0.05, 0.1) is 11.1 Å². The molecule has 8 aromatic carbocycles. The van der Waals surface area contributed by atoms with Crippen LogP contribution in [0.15, 0.2) is 185 Å². The molecule has 3 heteroatoms. The van der Waals surface area contributed by atoms with E-state index in [1.54, 1.807) is 0 Å². The van der Waals surface area contributed by atoms with Gasteiger partial charge in [-0.05, 0) is 99.8 Å². The number of hydrogen-bond donors (Lipinski definition) is 0. The van der Waals surface area contributed by atoms with Crippen LogP contribution in [0.2, 0.25) is 0 Å². The summed E-state index contributed by atoms with van der Waals surface area (Å²) in [6.07, 6.45) is 0. The molecule has 0 aliphatic heterocycles. The molecule has 0 radical (unpaired) electrons. The second kappa shape index (κ2) is 11.0. The number of furan rings is 2. The number of para-hydroxylation sites is 2. The Morgan fingerprint density at radius 2 is 0.857 bits per heavy atom. The third-order valence-corrected chi connectivity index (χ3v) is 9.67. The summed E-state index contributed by atoms with van der Waals surface area (Å²) in [6.45, 7) is 0. The molecule has 10 aromatic rings. The maximum atomic E-state index is 6.33. The highest BCUT2D eigenvalue weighted by Crippen LogP contribution is 2.44. The maximum Gasteiger partial charge on any atom is 0.137 e. The molecule has 0 bridgehead atoms. The SMILES string of the molecule is c1ccc2cc(-c3ccc(N(c4ccc(-c5ccc6oc7ccccc7c6c5)cc4)c4cccc5oc6ccccc6c45)cc3)ccc2c1. The zero-order valence-corrected chi connectivity index (χ0v) is 26.5. The first-order chi connectivity index (χ1) is 24.3. The van der Waals surface area contributed by atoms with Gasteiger partial charge >= 0.3 is 0 Å². The van der Waals surface area contributed by atoms with Gasteiger partial charge in [-0.1, -0.05) is 109 Å². The monoisotopic (exact) mass is 627 g/mol. The third kappa shape index (κ3) is 4.59. The minimum atomic E-state index is 0.869. The topological polar surface area (TPSA) is 29.5 Å². The quantitative estimate of drug-likeness (QED) is 0.190. The minimum Gasteiger partial charge on any atom is -0.456 e. The molecule has 0 atom stereocenters. The van der Waals surface area contributed by atoms with Crippen molar-refractivity contribution < 1.29 is 8.83 Å². The van der Waals surface area contributed by atoms with Crippen LogP contribution in [-0.2, 0) is 0 Å². The highest BCUT2D eigenvalue weighted by atomic mass is 16.3. The number of anilines is 3. The van der Waals surface area contributed by atoms with E-state index in [-0.39, 0.29) is 0 Å². The molecular formula is C46H29NO2. The van der Waals surface area contributed by atoms with Crippen LogP contribution >= 0.6 is 0 Å². The highest BCUT2D eigenvalue weighted by molar-refractivity contribution is 6.13. The van der Waals surface area contributed by atoms with Crippen molar-refractivity contribution in [1.29, 1.82) is 0 Å². The van der Waals surface area contributed by atoms with Crippen molar-refractivity contribution in [1.82, 2.24) is 0 Å². The first-order valence-electron chi connectivity index (χ1n) is 16.6. The van der Waals surface area contributed by atoms with E-state index in [0.29, 0.717) is 0 Å². The van der Waals surface area contributed by atoms with Crippen LogP contribution in [0, 0.1) is 0 Å². The van der Waals surface area contributed by atoms with Crippen molar-refractivity contribution in [3.8, 4) is 22.3 Å². The first kappa shape index (κ1) is 27.5. The molecule has 0 aliphatic rings. The average molecular weight is 628 g/mol. The summed E-state index contributed by atoms with van der Waals surface area (Å²) in [5, 5.41) is 6.94. The van der Waals surface area contributed by atoms with Crippen molar-refractivity contribution >= 4 is 71.7 Å². The molecule has 230 valence electrons. The van der Waals surface area contributed by atoms with Gasteiger partial charge in [0.1, 0.15) is 22.3 Å². The Morgan fingerprint density at radius 1 is 0.327 bits per heavy atom. The summed E-state index contributed by atoms with van der Waals surface area (Å²) in [5.41, 5.74) is 11.5. The predicted molar refractivity (Wildman–Crippen MR) is 204 cm³/mol. The number of benzene rings is 8. The molecule has 0 spiro atoms. The number of fused-ring (bicyclic) bond motifs is 7. The lowest BCUT2D eigenvalue weighted by Crippen LogP contribution is -2.10. The van der Waals surface area contributed by atoms with Gasteiger partial charge in [0.15, 0.2) is 0 Å². The Morgan fingerprint density at radius 3 is 1.61 bits per heavy atom. The van der Waals surface area contributed by atoms with Gasteiger partial charge < -0.3 is 13.7 Å². The molecule has 10 rings (SSSR count). The zero-order valence-electron chi connectivity index (χ0n) is 26.5. The average Bonchev–Trinajstić information content (AvgIpc) is 3.74. The van der Waals surface area contributed by atoms with Crippen molar-refractivity contribution in [2.75, 3.05) is 4.90 Å². The van der Waals surface area contributed by atoms with E-state index in [4.69, 9.17) is 8.83 Å². The zero-order chi connectivity index (χ0) is 32.3. The lowest BCUT2D eigenvalue weighted by molar-refractivity contribution is 0.668. The van der Waals surface area contributed by atoms with Gasteiger partial charge in [-0.2, -0.15) is 0 Å². The lowest BCUT2D eigenvalue weighted by atomic mass is 10.00. The van der Waals surface area contributed by atoms with Gasteiger partial charge in [-0.15, -0.1) is 0 Å². The molecule has 2 heterocycles. The van der Waals surface area contributed by atoms with Gasteiger partial charge in [-0.3, -0.25) is 0 Å². The normalized spacial score (nSPS) is 11.7. The molecule has 2 aromatic heterocycles. The van der Waals surface area contributed by atoms with E-state index >= 15 is 0 Å². The maximum absolute atomic E-state index is 6.33. The van der Waals surface area contributed by atoms with Crippen molar-refractivity contribution in [3.63, 3.8) is 0 Å². The largest absolute Gasteiger partial charge is 0.456 e. The van der Waals surface area contributed by atoms with Crippen LogP contribution in [0.4, 0.5) is 17.1 Å². The summed E-state index contributed by atoms with van der Waals surface area (Å²) in [4.78, 5) is 2.34. The molecule has 49 heavy (non-hydrogen) atoms. The van der Waals surface area contributed by atoms with Crippen LogP contribution < -0.4 is 4.90 Å². The van der Waals surface area contributed by atoms with Gasteiger partial charge in [0, 0.05) is 27.5 Å². The fraction of sp³-hybridized carbons (Fsp3) is 0. The van der Waals surface area contributed by atoms with Gasteiger partial charge in [-0.25, -0.2) is 0 Å². The van der Waals surface area contributed by atoms with Crippen LogP contribution in [0.25, 0.3) is 76.9 Å². The Labute approximate surface area is 282 Å². The molecule has 0 saturated carbocycles. The Bertz CT molecular complexity index is 2820. The van der Waals surface area contributed by atoms with Crippen molar-refractivity contribution in [2.24, 2.45) is 0 Å². The first-order valence-corrected chi connectivity index (χ1v) is 16.6. The van der Waals surface area contributed by atoms with Crippen LogP contribution in [0.1, 0.15) is 0 Å². The highest BCUT2D eigenvalue weighted by Gasteiger charge is 2.19. The molecule has 0 saturated heterocycles. The van der Waals surface area contributed by atoms with E-state index in [1.165, 1.54) is 21.9 Å². The minimum absolute atomic E-state index is 0.869. The number of rotatable bonds is 5. The van der Waals surface area contributed by atoms with Gasteiger partial charge in [0.2, 0.25) is 0 Å². The summed E-state index contributed by atoms with van der Waals surface area (Å²) in [6, 6.07) is 62.2. The van der Waals surface area contributed by atoms with E-state index in [0.717, 1.165) is 72.1 Å². The molecule has 0 aliphatic carbocycles. The van der Waals surface area contributed by atoms with Crippen molar-refractivity contribution in [2.45, 2.75) is 0 Å². The predicted octanol–water partition coefficient (Wildman–Crippen LogP) is 13.4. The van der Waals surface area contributed by atoms with Crippen LogP contribution in [-0.4, -0.2) is 0 Å². The number of hydrogen-bond acceptors (Lipinski definition) is 3. The summed E-state index contributed by atoms with van der Waals surface area (Å²) in [7, 11) is 0. The van der Waals surface area contributed by atoms with E-state index < -0.39 is 0 Å². The van der Waals surface area contributed by atoms with E-state index in [2.05, 4.69) is 157 Å². The summed E-state index contributed by atoms with van der Waals surface area (Å²) in [5.74, 6) is 0. The lowest BCUT2D eigenvalue weighted by Gasteiger charge is -2.26. The molecule has 3 nitrogen and oxygen atoms in total. The molecule has 0 fully saturated rings. The Kier molecular flexibility index (Phi) is 6.18. The van der Waals surface area contributed by atoms with E-state index in [9.17, 15) is 0 Å². The van der Waals surface area contributed by atoms with Crippen LogP contribution in [0.3, 0.4) is 0 Å². The Balaban J connectivity index is 1.10. The van der Waals surface area contributed by atoms with Crippen molar-refractivity contribution in [3.05, 3.63) is 176 Å².